The summed E-state index contributed by atoms with van der Waals surface area (Å²) in [5.41, 5.74) is -0.373. The van der Waals surface area contributed by atoms with Crippen LogP contribution in [-0.2, 0) is 14.8 Å². The summed E-state index contributed by atoms with van der Waals surface area (Å²) < 4.78 is 32.8. The van der Waals surface area contributed by atoms with Crippen molar-refractivity contribution in [3.8, 4) is 0 Å². The van der Waals surface area contributed by atoms with E-state index in [4.69, 9.17) is 4.74 Å². The van der Waals surface area contributed by atoms with Crippen LogP contribution in [0, 0.1) is 16.0 Å². The minimum atomic E-state index is -3.85. The zero-order valence-corrected chi connectivity index (χ0v) is 14.8. The molecule has 2 aliphatic rings. The van der Waals surface area contributed by atoms with E-state index in [-0.39, 0.29) is 16.7 Å². The summed E-state index contributed by atoms with van der Waals surface area (Å²) in [5.74, 6) is 0.331. The molecule has 0 aromatic heterocycles. The Morgan fingerprint density at radius 1 is 1.24 bits per heavy atom. The first-order valence-electron chi connectivity index (χ1n) is 8.54. The van der Waals surface area contributed by atoms with Crippen LogP contribution in [0.25, 0.3) is 0 Å². The molecule has 1 aromatic carbocycles. The monoisotopic (exact) mass is 369 g/mol. The molecule has 25 heavy (non-hydrogen) atoms. The minimum Gasteiger partial charge on any atom is -0.377 e. The van der Waals surface area contributed by atoms with Gasteiger partial charge in [0.05, 0.1) is 11.0 Å². The van der Waals surface area contributed by atoms with Gasteiger partial charge in [0.1, 0.15) is 0 Å². The maximum atomic E-state index is 12.8. The van der Waals surface area contributed by atoms with Crippen molar-refractivity contribution >= 4 is 15.7 Å². The number of para-hydroxylation sites is 1. The van der Waals surface area contributed by atoms with Crippen molar-refractivity contribution in [1.82, 2.24) is 9.62 Å². The highest BCUT2D eigenvalue weighted by atomic mass is 32.2. The Morgan fingerprint density at radius 2 is 1.96 bits per heavy atom. The third-order valence-corrected chi connectivity index (χ3v) is 6.78. The summed E-state index contributed by atoms with van der Waals surface area (Å²) >= 11 is 0. The van der Waals surface area contributed by atoms with Gasteiger partial charge >= 0.3 is 0 Å². The van der Waals surface area contributed by atoms with Crippen LogP contribution in [0.4, 0.5) is 5.69 Å². The lowest BCUT2D eigenvalue weighted by molar-refractivity contribution is -0.387. The van der Waals surface area contributed by atoms with Crippen molar-refractivity contribution < 1.29 is 18.1 Å². The van der Waals surface area contributed by atoms with E-state index < -0.39 is 14.9 Å². The Hall–Kier alpha value is -1.55. The molecule has 2 saturated heterocycles. The van der Waals surface area contributed by atoms with E-state index in [1.54, 1.807) is 0 Å². The van der Waals surface area contributed by atoms with Gasteiger partial charge in [-0.25, -0.2) is 8.42 Å². The zero-order chi connectivity index (χ0) is 17.9. The molecule has 1 unspecified atom stereocenters. The Bertz CT molecular complexity index is 710. The van der Waals surface area contributed by atoms with Gasteiger partial charge in [-0.15, -0.1) is 0 Å². The first-order valence-corrected chi connectivity index (χ1v) is 9.98. The van der Waals surface area contributed by atoms with E-state index in [1.165, 1.54) is 28.6 Å². The van der Waals surface area contributed by atoms with Crippen molar-refractivity contribution in [3.63, 3.8) is 0 Å². The average Bonchev–Trinajstić information content (AvgIpc) is 3.14. The number of hydrogen-bond donors (Lipinski definition) is 1. The number of rotatable bonds is 6. The van der Waals surface area contributed by atoms with Crippen LogP contribution in [0.15, 0.2) is 29.2 Å². The van der Waals surface area contributed by atoms with Gasteiger partial charge in [-0.1, -0.05) is 12.1 Å². The van der Waals surface area contributed by atoms with Gasteiger partial charge in [-0.05, 0) is 37.8 Å². The van der Waals surface area contributed by atoms with Gasteiger partial charge in [0, 0.05) is 32.3 Å². The summed E-state index contributed by atoms with van der Waals surface area (Å²) in [6.07, 6.45) is 2.69. The summed E-state index contributed by atoms with van der Waals surface area (Å²) in [4.78, 5) is 10.2. The Labute approximate surface area is 147 Å². The number of piperidine rings is 1. The second-order valence-corrected chi connectivity index (χ2v) is 8.43. The molecular formula is C16H23N3O5S. The second-order valence-electron chi connectivity index (χ2n) is 6.52. The number of hydrogen-bond acceptors (Lipinski definition) is 6. The van der Waals surface area contributed by atoms with Crippen LogP contribution in [0.3, 0.4) is 0 Å². The molecule has 1 N–H and O–H groups in total. The fraction of sp³-hybridized carbons (Fsp3) is 0.625. The molecule has 0 amide bonds. The number of benzene rings is 1. The number of nitrogens with zero attached hydrogens (tertiary/aromatic N) is 2. The molecule has 2 heterocycles. The molecule has 0 saturated carbocycles. The molecule has 2 aliphatic heterocycles. The molecule has 0 aliphatic carbocycles. The predicted molar refractivity (Wildman–Crippen MR) is 91.8 cm³/mol. The van der Waals surface area contributed by atoms with Crippen molar-refractivity contribution in [1.29, 1.82) is 0 Å². The van der Waals surface area contributed by atoms with Crippen molar-refractivity contribution in [2.75, 3.05) is 32.8 Å². The van der Waals surface area contributed by atoms with E-state index in [2.05, 4.69) is 5.32 Å². The van der Waals surface area contributed by atoms with Gasteiger partial charge in [-0.3, -0.25) is 10.1 Å². The smallest absolute Gasteiger partial charge is 0.289 e. The van der Waals surface area contributed by atoms with Gasteiger partial charge in [0.25, 0.3) is 5.69 Å². The van der Waals surface area contributed by atoms with Crippen molar-refractivity contribution in [2.45, 2.75) is 30.3 Å². The second kappa shape index (κ2) is 7.77. The van der Waals surface area contributed by atoms with Crippen LogP contribution in [0.5, 0.6) is 0 Å². The summed E-state index contributed by atoms with van der Waals surface area (Å²) in [6.45, 7) is 3.24. The van der Waals surface area contributed by atoms with Crippen LogP contribution >= 0.6 is 0 Å². The molecule has 138 valence electrons. The largest absolute Gasteiger partial charge is 0.377 e. The van der Waals surface area contributed by atoms with Gasteiger partial charge < -0.3 is 10.1 Å². The normalized spacial score (nSPS) is 23.0. The van der Waals surface area contributed by atoms with Crippen LogP contribution in [0.2, 0.25) is 0 Å². The first kappa shape index (κ1) is 18.2. The lowest BCUT2D eigenvalue weighted by Crippen LogP contribution is -2.40. The topological polar surface area (TPSA) is 102 Å². The summed E-state index contributed by atoms with van der Waals surface area (Å²) in [5, 5.41) is 14.4. The lowest BCUT2D eigenvalue weighted by atomic mass is 9.99. The van der Waals surface area contributed by atoms with E-state index in [0.717, 1.165) is 19.5 Å². The molecule has 3 rings (SSSR count). The van der Waals surface area contributed by atoms with Crippen LogP contribution < -0.4 is 5.32 Å². The number of nitrogens with one attached hydrogen (secondary N) is 1. The SMILES string of the molecule is O=[N+]([O-])c1ccccc1S(=O)(=O)N1CCC(COC2CCNC2)CC1. The Kier molecular flexibility index (Phi) is 5.67. The van der Waals surface area contributed by atoms with Crippen LogP contribution in [0.1, 0.15) is 19.3 Å². The highest BCUT2D eigenvalue weighted by Gasteiger charge is 2.34. The molecule has 1 atom stereocenters. The highest BCUT2D eigenvalue weighted by Crippen LogP contribution is 2.29. The summed E-state index contributed by atoms with van der Waals surface area (Å²) in [7, 11) is -3.85. The molecular weight excluding hydrogens is 346 g/mol. The molecule has 1 aromatic rings. The van der Waals surface area contributed by atoms with Crippen molar-refractivity contribution in [3.05, 3.63) is 34.4 Å². The fourth-order valence-electron chi connectivity index (χ4n) is 3.32. The molecule has 0 bridgehead atoms. The third kappa shape index (κ3) is 4.17. The van der Waals surface area contributed by atoms with Gasteiger partial charge in [0.15, 0.2) is 4.90 Å². The standard InChI is InChI=1S/C16H23N3O5S/c20-19(21)15-3-1-2-4-16(15)25(22,23)18-9-6-13(7-10-18)12-24-14-5-8-17-11-14/h1-4,13-14,17H,5-12H2. The number of ether oxygens (including phenoxy) is 1. The first-order chi connectivity index (χ1) is 12.0. The fourth-order valence-corrected chi connectivity index (χ4v) is 4.95. The maximum Gasteiger partial charge on any atom is 0.289 e. The van der Waals surface area contributed by atoms with Crippen molar-refractivity contribution in [2.24, 2.45) is 5.92 Å². The van der Waals surface area contributed by atoms with Crippen LogP contribution in [-0.4, -0.2) is 56.5 Å². The Morgan fingerprint density at radius 3 is 2.60 bits per heavy atom. The lowest BCUT2D eigenvalue weighted by Gasteiger charge is -2.31. The minimum absolute atomic E-state index is 0.230. The zero-order valence-electron chi connectivity index (χ0n) is 14.0. The Balaban J connectivity index is 1.61. The molecule has 9 heteroatoms. The highest BCUT2D eigenvalue weighted by molar-refractivity contribution is 7.89. The number of sulfonamides is 1. The van der Waals surface area contributed by atoms with E-state index >= 15 is 0 Å². The van der Waals surface area contributed by atoms with Gasteiger partial charge in [0.2, 0.25) is 10.0 Å². The number of nitro groups is 1. The maximum absolute atomic E-state index is 12.8. The summed E-state index contributed by atoms with van der Waals surface area (Å²) in [6, 6.07) is 5.51. The quantitative estimate of drug-likeness (QED) is 0.600. The molecule has 0 radical (unpaired) electrons. The molecule has 8 nitrogen and oxygen atoms in total. The van der Waals surface area contributed by atoms with E-state index in [1.807, 2.05) is 0 Å². The number of nitro benzene ring substituents is 1. The molecule has 2 fully saturated rings. The van der Waals surface area contributed by atoms with E-state index in [9.17, 15) is 18.5 Å². The van der Waals surface area contributed by atoms with Gasteiger partial charge in [-0.2, -0.15) is 4.31 Å². The third-order valence-electron chi connectivity index (χ3n) is 4.84. The molecule has 0 spiro atoms. The van der Waals surface area contributed by atoms with E-state index in [0.29, 0.717) is 38.5 Å². The average molecular weight is 369 g/mol. The predicted octanol–water partition coefficient (Wildman–Crippen LogP) is 1.37.